The van der Waals surface area contributed by atoms with E-state index in [1.165, 1.54) is 0 Å². The lowest BCUT2D eigenvalue weighted by Crippen LogP contribution is -2.52. The fourth-order valence-electron chi connectivity index (χ4n) is 2.79. The van der Waals surface area contributed by atoms with Crippen LogP contribution < -0.4 is 5.32 Å². The van der Waals surface area contributed by atoms with Crippen LogP contribution in [0.15, 0.2) is 30.3 Å². The molecule has 24 heavy (non-hydrogen) atoms. The molecule has 0 aliphatic carbocycles. The van der Waals surface area contributed by atoms with Crippen molar-refractivity contribution in [2.24, 2.45) is 0 Å². The lowest BCUT2D eigenvalue weighted by Gasteiger charge is -2.34. The molecule has 1 N–H and O–H groups in total. The van der Waals surface area contributed by atoms with Gasteiger partial charge in [-0.3, -0.25) is 9.59 Å². The van der Waals surface area contributed by atoms with Crippen molar-refractivity contribution in [2.75, 3.05) is 24.6 Å². The molecule has 1 aromatic carbocycles. The fraction of sp³-hybridized carbons (Fsp3) is 0.529. The van der Waals surface area contributed by atoms with E-state index in [1.807, 2.05) is 6.07 Å². The molecule has 2 amide bonds. The second-order valence-electron chi connectivity index (χ2n) is 5.90. The predicted octanol–water partition coefficient (Wildman–Crippen LogP) is 1.23. The third-order valence-corrected chi connectivity index (χ3v) is 5.94. The van der Waals surface area contributed by atoms with Crippen LogP contribution in [0, 0.1) is 0 Å². The second kappa shape index (κ2) is 8.28. The van der Waals surface area contributed by atoms with Crippen molar-refractivity contribution in [2.45, 2.75) is 32.2 Å². The van der Waals surface area contributed by atoms with Gasteiger partial charge in [-0.1, -0.05) is 25.1 Å². The lowest BCUT2D eigenvalue weighted by molar-refractivity contribution is -0.126. The Morgan fingerprint density at radius 1 is 1.21 bits per heavy atom. The first kappa shape index (κ1) is 18.4. The van der Waals surface area contributed by atoms with Crippen molar-refractivity contribution in [3.8, 4) is 0 Å². The van der Waals surface area contributed by atoms with E-state index in [1.54, 1.807) is 36.1 Å². The summed E-state index contributed by atoms with van der Waals surface area (Å²) in [6, 6.07) is 8.37. The number of carbonyl (C=O) groups is 2. The summed E-state index contributed by atoms with van der Waals surface area (Å²) in [4.78, 5) is 26.7. The van der Waals surface area contributed by atoms with E-state index < -0.39 is 15.9 Å². The Balaban J connectivity index is 2.01. The summed E-state index contributed by atoms with van der Waals surface area (Å²) in [5.41, 5.74) is 0.561. The molecule has 1 aliphatic rings. The molecule has 1 heterocycles. The molecule has 0 bridgehead atoms. The van der Waals surface area contributed by atoms with E-state index in [0.717, 1.165) is 12.8 Å². The van der Waals surface area contributed by atoms with Gasteiger partial charge in [-0.05, 0) is 31.4 Å². The van der Waals surface area contributed by atoms with Crippen LogP contribution in [0.3, 0.4) is 0 Å². The van der Waals surface area contributed by atoms with Crippen LogP contribution in [-0.2, 0) is 14.6 Å². The van der Waals surface area contributed by atoms with Crippen LogP contribution in [0.4, 0.5) is 0 Å². The van der Waals surface area contributed by atoms with E-state index in [9.17, 15) is 18.0 Å². The average molecular weight is 352 g/mol. The minimum atomic E-state index is -3.11. The van der Waals surface area contributed by atoms with Gasteiger partial charge in [-0.2, -0.15) is 0 Å². The summed E-state index contributed by atoms with van der Waals surface area (Å²) in [5, 5.41) is 2.67. The molecule has 1 atom stereocenters. The first-order valence-corrected chi connectivity index (χ1v) is 10.1. The van der Waals surface area contributed by atoms with Gasteiger partial charge >= 0.3 is 0 Å². The van der Waals surface area contributed by atoms with Gasteiger partial charge in [0.1, 0.15) is 6.04 Å². The standard InChI is InChI=1S/C17H24N2O4S/c1-2-24(22,23)13-11-18-16(20)15-10-6-7-12-19(15)17(21)14-8-4-3-5-9-14/h3-5,8-9,15H,2,6-7,10-13H2,1H3,(H,18,20)/t15-/m1/s1. The maximum absolute atomic E-state index is 12.6. The number of likely N-dealkylation sites (tertiary alicyclic amines) is 1. The average Bonchev–Trinajstić information content (AvgIpc) is 2.61. The van der Waals surface area contributed by atoms with Crippen molar-refractivity contribution in [1.29, 1.82) is 0 Å². The van der Waals surface area contributed by atoms with Crippen LogP contribution in [0.1, 0.15) is 36.5 Å². The van der Waals surface area contributed by atoms with E-state index in [2.05, 4.69) is 5.32 Å². The molecule has 2 rings (SSSR count). The quantitative estimate of drug-likeness (QED) is 0.835. The van der Waals surface area contributed by atoms with Gasteiger partial charge in [0, 0.05) is 24.4 Å². The van der Waals surface area contributed by atoms with Crippen LogP contribution in [0.5, 0.6) is 0 Å². The summed E-state index contributed by atoms with van der Waals surface area (Å²) < 4.78 is 23.0. The Labute approximate surface area is 143 Å². The van der Waals surface area contributed by atoms with Gasteiger partial charge in [0.05, 0.1) is 5.75 Å². The van der Waals surface area contributed by atoms with Gasteiger partial charge in [0.25, 0.3) is 5.91 Å². The zero-order valence-corrected chi connectivity index (χ0v) is 14.7. The first-order chi connectivity index (χ1) is 11.4. The van der Waals surface area contributed by atoms with Crippen molar-refractivity contribution in [1.82, 2.24) is 10.2 Å². The van der Waals surface area contributed by atoms with Crippen molar-refractivity contribution < 1.29 is 18.0 Å². The van der Waals surface area contributed by atoms with E-state index >= 15 is 0 Å². The Bertz CT molecular complexity index is 673. The third-order valence-electron chi connectivity index (χ3n) is 4.24. The van der Waals surface area contributed by atoms with Crippen LogP contribution >= 0.6 is 0 Å². The topological polar surface area (TPSA) is 83.6 Å². The van der Waals surface area contributed by atoms with Gasteiger partial charge in [-0.25, -0.2) is 8.42 Å². The normalized spacial score (nSPS) is 18.2. The molecule has 0 spiro atoms. The Morgan fingerprint density at radius 2 is 1.92 bits per heavy atom. The van der Waals surface area contributed by atoms with Gasteiger partial charge in [0.15, 0.2) is 9.84 Å². The number of amides is 2. The molecule has 1 fully saturated rings. The number of benzene rings is 1. The number of sulfone groups is 1. The number of rotatable bonds is 6. The summed E-state index contributed by atoms with van der Waals surface area (Å²) in [6.45, 7) is 2.20. The van der Waals surface area contributed by atoms with Crippen molar-refractivity contribution >= 4 is 21.7 Å². The summed E-state index contributed by atoms with van der Waals surface area (Å²) in [6.07, 6.45) is 2.35. The molecule has 0 unspecified atom stereocenters. The minimum absolute atomic E-state index is 0.0604. The molecule has 6 nitrogen and oxygen atoms in total. The fourth-order valence-corrected chi connectivity index (χ4v) is 3.49. The van der Waals surface area contributed by atoms with Gasteiger partial charge in [0.2, 0.25) is 5.91 Å². The maximum atomic E-state index is 12.6. The molecule has 132 valence electrons. The SMILES string of the molecule is CCS(=O)(=O)CCNC(=O)[C@H]1CCCCN1C(=O)c1ccccc1. The van der Waals surface area contributed by atoms with Crippen molar-refractivity contribution in [3.05, 3.63) is 35.9 Å². The number of nitrogens with zero attached hydrogens (tertiary/aromatic N) is 1. The molecular weight excluding hydrogens is 328 g/mol. The van der Waals surface area contributed by atoms with E-state index in [4.69, 9.17) is 0 Å². The summed E-state index contributed by atoms with van der Waals surface area (Å²) >= 11 is 0. The highest BCUT2D eigenvalue weighted by atomic mass is 32.2. The molecule has 0 saturated carbocycles. The molecule has 1 saturated heterocycles. The Hall–Kier alpha value is -1.89. The second-order valence-corrected chi connectivity index (χ2v) is 8.38. The largest absolute Gasteiger partial charge is 0.353 e. The molecule has 0 radical (unpaired) electrons. The first-order valence-electron chi connectivity index (χ1n) is 8.29. The molecule has 1 aliphatic heterocycles. The zero-order chi connectivity index (χ0) is 17.6. The molecule has 7 heteroatoms. The number of piperidine rings is 1. The number of carbonyl (C=O) groups excluding carboxylic acids is 2. The predicted molar refractivity (Wildman–Crippen MR) is 92.5 cm³/mol. The maximum Gasteiger partial charge on any atom is 0.254 e. The highest BCUT2D eigenvalue weighted by Crippen LogP contribution is 2.20. The van der Waals surface area contributed by atoms with Crippen LogP contribution in [-0.4, -0.2) is 55.8 Å². The van der Waals surface area contributed by atoms with Gasteiger partial charge < -0.3 is 10.2 Å². The number of nitrogens with one attached hydrogen (secondary N) is 1. The lowest BCUT2D eigenvalue weighted by atomic mass is 10.00. The number of hydrogen-bond donors (Lipinski definition) is 1. The zero-order valence-electron chi connectivity index (χ0n) is 13.9. The van der Waals surface area contributed by atoms with E-state index in [-0.39, 0.29) is 29.9 Å². The Kier molecular flexibility index (Phi) is 6.36. The van der Waals surface area contributed by atoms with Crippen molar-refractivity contribution in [3.63, 3.8) is 0 Å². The van der Waals surface area contributed by atoms with Crippen LogP contribution in [0.2, 0.25) is 0 Å². The van der Waals surface area contributed by atoms with E-state index in [0.29, 0.717) is 18.5 Å². The van der Waals surface area contributed by atoms with Crippen LogP contribution in [0.25, 0.3) is 0 Å². The Morgan fingerprint density at radius 3 is 2.58 bits per heavy atom. The highest BCUT2D eigenvalue weighted by molar-refractivity contribution is 7.91. The summed E-state index contributed by atoms with van der Waals surface area (Å²) in [7, 11) is -3.11. The minimum Gasteiger partial charge on any atom is -0.353 e. The molecule has 0 aromatic heterocycles. The monoisotopic (exact) mass is 352 g/mol. The smallest absolute Gasteiger partial charge is 0.254 e. The molecule has 1 aromatic rings. The molecular formula is C17H24N2O4S. The third kappa shape index (κ3) is 4.80. The number of hydrogen-bond acceptors (Lipinski definition) is 4. The highest BCUT2D eigenvalue weighted by Gasteiger charge is 2.32. The van der Waals surface area contributed by atoms with Gasteiger partial charge in [-0.15, -0.1) is 0 Å². The summed E-state index contributed by atoms with van der Waals surface area (Å²) in [5.74, 6) is -0.443.